The lowest BCUT2D eigenvalue weighted by Gasteiger charge is -2.37. The van der Waals surface area contributed by atoms with Crippen LogP contribution >= 0.6 is 0 Å². The van der Waals surface area contributed by atoms with Gasteiger partial charge in [0.15, 0.2) is 0 Å². The number of nitrogens with two attached hydrogens (primary N) is 1. The summed E-state index contributed by atoms with van der Waals surface area (Å²) in [5.74, 6) is 0.123. The first-order valence-corrected chi connectivity index (χ1v) is 8.78. The van der Waals surface area contributed by atoms with Crippen LogP contribution in [0.15, 0.2) is 48.5 Å². The summed E-state index contributed by atoms with van der Waals surface area (Å²) in [5, 5.41) is 3.10. The maximum Gasteiger partial charge on any atom is 0.318 e. The lowest BCUT2D eigenvalue weighted by molar-refractivity contribution is 0.179. The van der Waals surface area contributed by atoms with E-state index in [0.717, 1.165) is 24.0 Å². The van der Waals surface area contributed by atoms with Crippen molar-refractivity contribution in [3.8, 4) is 0 Å². The molecule has 3 N–H and O–H groups in total. The summed E-state index contributed by atoms with van der Waals surface area (Å²) in [4.78, 5) is 14.7. The zero-order valence-electron chi connectivity index (χ0n) is 14.0. The molecule has 130 valence electrons. The number of nitrogens with one attached hydrogen (secondary N) is 1. The van der Waals surface area contributed by atoms with Gasteiger partial charge in [-0.2, -0.15) is 0 Å². The lowest BCUT2D eigenvalue weighted by atomic mass is 9.88. The van der Waals surface area contributed by atoms with Crippen molar-refractivity contribution < 1.29 is 9.18 Å². The van der Waals surface area contributed by atoms with Gasteiger partial charge in [-0.15, -0.1) is 0 Å². The smallest absolute Gasteiger partial charge is 0.318 e. The first kappa shape index (κ1) is 16.1. The molecule has 2 amide bonds. The van der Waals surface area contributed by atoms with Gasteiger partial charge in [0, 0.05) is 12.6 Å². The molecule has 3 atom stereocenters. The molecule has 4 nitrogen and oxygen atoms in total. The monoisotopic (exact) mass is 339 g/mol. The number of urea groups is 1. The fraction of sp³-hybridized carbons (Fsp3) is 0.350. The normalized spacial score (nSPS) is 24.6. The number of rotatable bonds is 3. The van der Waals surface area contributed by atoms with Crippen molar-refractivity contribution in [3.05, 3.63) is 71.0 Å². The van der Waals surface area contributed by atoms with Crippen molar-refractivity contribution in [3.63, 3.8) is 0 Å². The van der Waals surface area contributed by atoms with Crippen LogP contribution < -0.4 is 11.1 Å². The molecule has 5 heteroatoms. The fourth-order valence-electron chi connectivity index (χ4n) is 3.72. The van der Waals surface area contributed by atoms with E-state index in [1.54, 1.807) is 12.1 Å². The SMILES string of the molecule is NC[C@H]1C[C@@H]1NC(=O)N1CCc2ccccc2[C@@H]1c1ccc(F)cc1. The van der Waals surface area contributed by atoms with Crippen LogP contribution in [-0.4, -0.2) is 30.1 Å². The largest absolute Gasteiger partial charge is 0.335 e. The van der Waals surface area contributed by atoms with Crippen molar-refractivity contribution in [2.75, 3.05) is 13.1 Å². The average Bonchev–Trinajstić information content (AvgIpc) is 3.39. The highest BCUT2D eigenvalue weighted by atomic mass is 19.1. The number of carbonyl (C=O) groups excluding carboxylic acids is 1. The Labute approximate surface area is 146 Å². The first-order chi connectivity index (χ1) is 12.2. The van der Waals surface area contributed by atoms with Crippen LogP contribution in [0.5, 0.6) is 0 Å². The molecule has 0 unspecified atom stereocenters. The molecule has 1 aliphatic heterocycles. The molecule has 1 fully saturated rings. The zero-order chi connectivity index (χ0) is 17.4. The van der Waals surface area contributed by atoms with Gasteiger partial charge in [-0.05, 0) is 54.1 Å². The zero-order valence-corrected chi connectivity index (χ0v) is 14.0. The van der Waals surface area contributed by atoms with E-state index in [1.165, 1.54) is 17.7 Å². The summed E-state index contributed by atoms with van der Waals surface area (Å²) in [6.45, 7) is 1.25. The van der Waals surface area contributed by atoms with Gasteiger partial charge in [-0.3, -0.25) is 0 Å². The Morgan fingerprint density at radius 2 is 1.96 bits per heavy atom. The van der Waals surface area contributed by atoms with E-state index in [9.17, 15) is 9.18 Å². The van der Waals surface area contributed by atoms with Crippen LogP contribution in [-0.2, 0) is 6.42 Å². The van der Waals surface area contributed by atoms with Gasteiger partial charge in [0.1, 0.15) is 5.82 Å². The molecule has 0 saturated heterocycles. The Morgan fingerprint density at radius 1 is 1.20 bits per heavy atom. The topological polar surface area (TPSA) is 58.4 Å². The second-order valence-electron chi connectivity index (χ2n) is 6.88. The fourth-order valence-corrected chi connectivity index (χ4v) is 3.72. The maximum absolute atomic E-state index is 13.4. The van der Waals surface area contributed by atoms with E-state index in [-0.39, 0.29) is 23.9 Å². The predicted octanol–water partition coefficient (Wildman–Crippen LogP) is 2.83. The van der Waals surface area contributed by atoms with E-state index >= 15 is 0 Å². The molecule has 4 rings (SSSR count). The number of halogens is 1. The van der Waals surface area contributed by atoms with Crippen LogP contribution in [0.1, 0.15) is 29.2 Å². The molecule has 1 saturated carbocycles. The summed E-state index contributed by atoms with van der Waals surface area (Å²) in [7, 11) is 0. The van der Waals surface area contributed by atoms with Gasteiger partial charge >= 0.3 is 6.03 Å². The van der Waals surface area contributed by atoms with Crippen molar-refractivity contribution in [2.24, 2.45) is 11.7 Å². The highest BCUT2D eigenvalue weighted by Crippen LogP contribution is 2.36. The Bertz CT molecular complexity index is 777. The Hall–Kier alpha value is -2.40. The van der Waals surface area contributed by atoms with E-state index < -0.39 is 0 Å². The molecule has 25 heavy (non-hydrogen) atoms. The van der Waals surface area contributed by atoms with Crippen LogP contribution in [0.25, 0.3) is 0 Å². The molecule has 2 aromatic carbocycles. The average molecular weight is 339 g/mol. The second kappa shape index (κ2) is 6.48. The number of benzene rings is 2. The van der Waals surface area contributed by atoms with Crippen LogP contribution in [0, 0.1) is 11.7 Å². The van der Waals surface area contributed by atoms with Crippen LogP contribution in [0.4, 0.5) is 9.18 Å². The van der Waals surface area contributed by atoms with Gasteiger partial charge in [-0.25, -0.2) is 9.18 Å². The van der Waals surface area contributed by atoms with E-state index in [2.05, 4.69) is 17.4 Å². The molecular weight excluding hydrogens is 317 g/mol. The highest BCUT2D eigenvalue weighted by Gasteiger charge is 2.40. The summed E-state index contributed by atoms with van der Waals surface area (Å²) in [5.41, 5.74) is 8.95. The van der Waals surface area contributed by atoms with Gasteiger partial charge in [0.05, 0.1) is 6.04 Å². The predicted molar refractivity (Wildman–Crippen MR) is 94.6 cm³/mol. The van der Waals surface area contributed by atoms with Crippen LogP contribution in [0.3, 0.4) is 0 Å². The molecule has 0 bridgehead atoms. The Kier molecular flexibility index (Phi) is 4.17. The highest BCUT2D eigenvalue weighted by molar-refractivity contribution is 5.76. The third-order valence-corrected chi connectivity index (χ3v) is 5.26. The number of nitrogens with zero attached hydrogens (tertiary/aromatic N) is 1. The van der Waals surface area contributed by atoms with Crippen molar-refractivity contribution in [1.29, 1.82) is 0 Å². The van der Waals surface area contributed by atoms with Gasteiger partial charge < -0.3 is 16.0 Å². The molecule has 2 aromatic rings. The summed E-state index contributed by atoms with van der Waals surface area (Å²) in [6, 6.07) is 14.5. The number of hydrogen-bond donors (Lipinski definition) is 2. The van der Waals surface area contributed by atoms with Crippen molar-refractivity contribution in [1.82, 2.24) is 10.2 Å². The standard InChI is InChI=1S/C20H22FN3O/c21-16-7-5-14(6-8-16)19-17-4-2-1-3-13(17)9-10-24(19)20(25)23-18-11-15(18)12-22/h1-8,15,18-19H,9-12,22H2,(H,23,25)/t15-,18+,19+/m1/s1. The van der Waals surface area contributed by atoms with E-state index in [1.807, 2.05) is 17.0 Å². The number of carbonyl (C=O) groups is 1. The molecule has 0 spiro atoms. The molecule has 0 aromatic heterocycles. The number of hydrogen-bond acceptors (Lipinski definition) is 2. The molecule has 1 heterocycles. The third-order valence-electron chi connectivity index (χ3n) is 5.26. The Morgan fingerprint density at radius 3 is 2.68 bits per heavy atom. The van der Waals surface area contributed by atoms with Crippen molar-refractivity contribution >= 4 is 6.03 Å². The van der Waals surface area contributed by atoms with Gasteiger partial charge in [-0.1, -0.05) is 36.4 Å². The molecule has 1 aliphatic carbocycles. The molecule has 0 radical (unpaired) electrons. The van der Waals surface area contributed by atoms with E-state index in [4.69, 9.17) is 5.73 Å². The maximum atomic E-state index is 13.4. The number of amides is 2. The molecular formula is C20H22FN3O. The van der Waals surface area contributed by atoms with Gasteiger partial charge in [0.2, 0.25) is 0 Å². The summed E-state index contributed by atoms with van der Waals surface area (Å²) in [6.07, 6.45) is 1.78. The summed E-state index contributed by atoms with van der Waals surface area (Å²) < 4.78 is 13.4. The van der Waals surface area contributed by atoms with Gasteiger partial charge in [0.25, 0.3) is 0 Å². The summed E-state index contributed by atoms with van der Waals surface area (Å²) >= 11 is 0. The molecule has 2 aliphatic rings. The van der Waals surface area contributed by atoms with Crippen LogP contribution in [0.2, 0.25) is 0 Å². The minimum absolute atomic E-state index is 0.0650. The van der Waals surface area contributed by atoms with E-state index in [0.29, 0.717) is 19.0 Å². The first-order valence-electron chi connectivity index (χ1n) is 8.78. The second-order valence-corrected chi connectivity index (χ2v) is 6.88. The lowest BCUT2D eigenvalue weighted by Crippen LogP contribution is -2.47. The number of fused-ring (bicyclic) bond motifs is 1. The minimum Gasteiger partial charge on any atom is -0.335 e. The quantitative estimate of drug-likeness (QED) is 0.903. The Balaban J connectivity index is 1.65. The third kappa shape index (κ3) is 3.12. The minimum atomic E-state index is -0.271. The van der Waals surface area contributed by atoms with Crippen molar-refractivity contribution in [2.45, 2.75) is 24.9 Å².